The molecule has 2 heterocycles. The molecule has 0 aromatic heterocycles. The van der Waals surface area contributed by atoms with E-state index >= 15 is 0 Å². The zero-order valence-corrected chi connectivity index (χ0v) is 23.0. The number of hydroxylamine groups is 1. The summed E-state index contributed by atoms with van der Waals surface area (Å²) in [6, 6.07) is 14.7. The second-order valence-electron chi connectivity index (χ2n) is 9.60. The number of para-hydroxylation sites is 1. The van der Waals surface area contributed by atoms with Gasteiger partial charge in [0.15, 0.2) is 14.6 Å². The Labute approximate surface area is 235 Å². The van der Waals surface area contributed by atoms with E-state index in [1.54, 1.807) is 12.1 Å². The molecule has 3 N–H and O–H groups in total. The number of amides is 1. The molecule has 1 saturated heterocycles. The number of hydrogen-bond donors (Lipinski definition) is 3. The minimum atomic E-state index is -5.08. The molecule has 10 nitrogen and oxygen atoms in total. The lowest BCUT2D eigenvalue weighted by Crippen LogP contribution is -2.54. The highest BCUT2D eigenvalue weighted by atomic mass is 32.2. The molecule has 2 aromatic carbocycles. The SMILES string of the molecule is O=C(NO)C1(S(=O)(=O)c2ccc(OCCCCN3CCCc4ccccc43)cc2)CCOCC1.O=C(O)C(F)(F)F. The van der Waals surface area contributed by atoms with Crippen molar-refractivity contribution < 1.29 is 51.0 Å². The zero-order chi connectivity index (χ0) is 30.1. The van der Waals surface area contributed by atoms with Crippen LogP contribution in [-0.2, 0) is 30.6 Å². The number of carboxylic acid groups (broad SMARTS) is 1. The van der Waals surface area contributed by atoms with E-state index in [0.29, 0.717) is 12.4 Å². The first-order valence-electron chi connectivity index (χ1n) is 13.0. The van der Waals surface area contributed by atoms with Gasteiger partial charge in [0, 0.05) is 32.0 Å². The van der Waals surface area contributed by atoms with Crippen molar-refractivity contribution in [2.24, 2.45) is 0 Å². The molecule has 41 heavy (non-hydrogen) atoms. The number of nitrogens with one attached hydrogen (secondary N) is 1. The number of unbranched alkanes of at least 4 members (excludes halogenated alkanes) is 1. The molecule has 0 atom stereocenters. The first-order valence-corrected chi connectivity index (χ1v) is 14.5. The highest BCUT2D eigenvalue weighted by Gasteiger charge is 2.52. The number of carbonyl (C=O) groups excluding carboxylic acids is 1. The summed E-state index contributed by atoms with van der Waals surface area (Å²) in [5.41, 5.74) is 4.28. The summed E-state index contributed by atoms with van der Waals surface area (Å²) in [6.45, 7) is 2.87. The van der Waals surface area contributed by atoms with Crippen molar-refractivity contribution in [3.63, 3.8) is 0 Å². The topological polar surface area (TPSA) is 142 Å². The molecule has 0 aliphatic carbocycles. The molecule has 14 heteroatoms. The number of ether oxygens (including phenoxy) is 2. The lowest BCUT2D eigenvalue weighted by molar-refractivity contribution is -0.192. The summed E-state index contributed by atoms with van der Waals surface area (Å²) in [7, 11) is -4.03. The molecule has 1 fully saturated rings. The van der Waals surface area contributed by atoms with Crippen LogP contribution < -0.4 is 15.1 Å². The number of aryl methyl sites for hydroxylation is 1. The minimum absolute atomic E-state index is 0.0124. The van der Waals surface area contributed by atoms with E-state index in [0.717, 1.165) is 32.4 Å². The predicted molar refractivity (Wildman–Crippen MR) is 142 cm³/mol. The Kier molecular flexibility index (Phi) is 11.0. The van der Waals surface area contributed by atoms with E-state index in [4.69, 9.17) is 24.6 Å². The molecule has 2 aliphatic rings. The number of hydrogen-bond acceptors (Lipinski definition) is 8. The quantitative estimate of drug-likeness (QED) is 0.222. The van der Waals surface area contributed by atoms with E-state index in [1.807, 2.05) is 0 Å². The Balaban J connectivity index is 0.000000587. The van der Waals surface area contributed by atoms with Gasteiger partial charge in [-0.05, 0) is 74.4 Å². The van der Waals surface area contributed by atoms with Crippen molar-refractivity contribution in [3.05, 3.63) is 54.1 Å². The van der Waals surface area contributed by atoms with Gasteiger partial charge in [-0.2, -0.15) is 13.2 Å². The van der Waals surface area contributed by atoms with E-state index in [9.17, 15) is 26.4 Å². The van der Waals surface area contributed by atoms with Gasteiger partial charge in [-0.25, -0.2) is 18.7 Å². The van der Waals surface area contributed by atoms with Gasteiger partial charge in [0.05, 0.1) is 11.5 Å². The molecule has 0 unspecified atom stereocenters. The van der Waals surface area contributed by atoms with Crippen LogP contribution in [0, 0.1) is 0 Å². The number of carboxylic acids is 1. The smallest absolute Gasteiger partial charge is 0.490 e. The second kappa shape index (κ2) is 14.0. The fraction of sp³-hybridized carbons (Fsp3) is 0.481. The number of rotatable bonds is 9. The van der Waals surface area contributed by atoms with Crippen LogP contribution in [0.4, 0.5) is 18.9 Å². The summed E-state index contributed by atoms with van der Waals surface area (Å²) < 4.78 is 67.6. The highest BCUT2D eigenvalue weighted by molar-refractivity contribution is 7.93. The molecule has 0 saturated carbocycles. The first kappa shape index (κ1) is 32.2. The van der Waals surface area contributed by atoms with Crippen LogP contribution in [0.25, 0.3) is 0 Å². The third-order valence-corrected chi connectivity index (χ3v) is 9.52. The van der Waals surface area contributed by atoms with Crippen LogP contribution in [0.15, 0.2) is 53.4 Å². The van der Waals surface area contributed by atoms with Crippen LogP contribution in [0.1, 0.15) is 37.7 Å². The zero-order valence-electron chi connectivity index (χ0n) is 22.2. The molecule has 2 aliphatic heterocycles. The molecule has 226 valence electrons. The van der Waals surface area contributed by atoms with Crippen LogP contribution in [0.2, 0.25) is 0 Å². The number of carbonyl (C=O) groups is 2. The van der Waals surface area contributed by atoms with E-state index in [1.165, 1.54) is 35.3 Å². The second-order valence-corrected chi connectivity index (χ2v) is 11.9. The maximum atomic E-state index is 13.3. The van der Waals surface area contributed by atoms with Crippen LogP contribution in [0.5, 0.6) is 5.75 Å². The number of sulfone groups is 1. The third-order valence-electron chi connectivity index (χ3n) is 7.00. The molecular formula is C27H33F3N2O8S. The van der Waals surface area contributed by atoms with Crippen molar-refractivity contribution in [1.82, 2.24) is 5.48 Å². The van der Waals surface area contributed by atoms with Crippen molar-refractivity contribution in [2.75, 3.05) is 37.8 Å². The van der Waals surface area contributed by atoms with Crippen molar-refractivity contribution in [2.45, 2.75) is 54.3 Å². The highest BCUT2D eigenvalue weighted by Crippen LogP contribution is 2.36. The number of aliphatic carboxylic acids is 1. The average molecular weight is 603 g/mol. The number of alkyl halides is 3. The molecule has 4 rings (SSSR count). The van der Waals surface area contributed by atoms with E-state index in [2.05, 4.69) is 29.2 Å². The number of fused-ring (bicyclic) bond motifs is 1. The van der Waals surface area contributed by atoms with Gasteiger partial charge >= 0.3 is 12.1 Å². The number of benzene rings is 2. The van der Waals surface area contributed by atoms with Crippen LogP contribution in [0.3, 0.4) is 0 Å². The van der Waals surface area contributed by atoms with E-state index in [-0.39, 0.29) is 31.0 Å². The average Bonchev–Trinajstić information content (AvgIpc) is 2.97. The van der Waals surface area contributed by atoms with E-state index < -0.39 is 32.6 Å². The van der Waals surface area contributed by atoms with Crippen LogP contribution in [-0.4, -0.2) is 74.4 Å². The Morgan fingerprint density at radius 3 is 2.29 bits per heavy atom. The Bertz CT molecular complexity index is 1280. The number of nitrogens with zero attached hydrogens (tertiary/aromatic N) is 1. The third kappa shape index (κ3) is 7.89. The first-order chi connectivity index (χ1) is 19.4. The Morgan fingerprint density at radius 2 is 1.68 bits per heavy atom. The van der Waals surface area contributed by atoms with Crippen molar-refractivity contribution in [3.8, 4) is 5.75 Å². The predicted octanol–water partition coefficient (Wildman–Crippen LogP) is 3.76. The van der Waals surface area contributed by atoms with Gasteiger partial charge in [0.1, 0.15) is 5.75 Å². The van der Waals surface area contributed by atoms with Gasteiger partial charge in [-0.1, -0.05) is 18.2 Å². The molecular weight excluding hydrogens is 569 g/mol. The molecule has 1 amide bonds. The Morgan fingerprint density at radius 1 is 1.05 bits per heavy atom. The fourth-order valence-corrected chi connectivity index (χ4v) is 6.74. The van der Waals surface area contributed by atoms with Gasteiger partial charge in [-0.3, -0.25) is 10.0 Å². The molecule has 0 radical (unpaired) electrons. The number of halogens is 3. The van der Waals surface area contributed by atoms with Gasteiger partial charge in [0.25, 0.3) is 5.91 Å². The number of anilines is 1. The standard InChI is InChI=1S/C25H32N2O6S.C2HF3O2/c28-24(26-29)25(13-18-32-19-14-25)34(30,31)22-11-9-21(10-12-22)33-17-4-3-15-27-16-5-7-20-6-1-2-8-23(20)27;3-2(4,5)1(6)7/h1-2,6,8-12,29H,3-5,7,13-19H2,(H,26,28);(H,6,7). The summed E-state index contributed by atoms with van der Waals surface area (Å²) in [5, 5.41) is 16.3. The maximum absolute atomic E-state index is 13.3. The summed E-state index contributed by atoms with van der Waals surface area (Å²) in [6.07, 6.45) is -0.902. The van der Waals surface area contributed by atoms with Gasteiger partial charge in [-0.15, -0.1) is 0 Å². The van der Waals surface area contributed by atoms with Crippen LogP contribution >= 0.6 is 0 Å². The molecule has 0 bridgehead atoms. The summed E-state index contributed by atoms with van der Waals surface area (Å²) in [4.78, 5) is 23.7. The largest absolute Gasteiger partial charge is 0.494 e. The maximum Gasteiger partial charge on any atom is 0.490 e. The molecule has 0 spiro atoms. The lowest BCUT2D eigenvalue weighted by atomic mass is 9.98. The van der Waals surface area contributed by atoms with Crippen molar-refractivity contribution >= 4 is 27.4 Å². The van der Waals surface area contributed by atoms with Gasteiger partial charge in [0.2, 0.25) is 0 Å². The van der Waals surface area contributed by atoms with Crippen molar-refractivity contribution in [1.29, 1.82) is 0 Å². The normalized spacial score (nSPS) is 16.5. The van der Waals surface area contributed by atoms with Gasteiger partial charge < -0.3 is 19.5 Å². The summed E-state index contributed by atoms with van der Waals surface area (Å²) in [5.74, 6) is -3.10. The summed E-state index contributed by atoms with van der Waals surface area (Å²) >= 11 is 0. The molecule has 2 aromatic rings. The minimum Gasteiger partial charge on any atom is -0.494 e. The Hall–Kier alpha value is -3.36. The monoisotopic (exact) mass is 602 g/mol. The fourth-order valence-electron chi connectivity index (χ4n) is 4.80. The lowest BCUT2D eigenvalue weighted by Gasteiger charge is -2.34.